The van der Waals surface area contributed by atoms with Gasteiger partial charge in [0.2, 0.25) is 5.91 Å². The van der Waals surface area contributed by atoms with Crippen molar-refractivity contribution in [3.63, 3.8) is 0 Å². The fourth-order valence-electron chi connectivity index (χ4n) is 2.03. The first-order valence-electron chi connectivity index (χ1n) is 7.41. The molecule has 0 bridgehead atoms. The lowest BCUT2D eigenvalue weighted by Gasteiger charge is -2.05. The summed E-state index contributed by atoms with van der Waals surface area (Å²) in [6.45, 7) is 2.12. The molecule has 0 saturated heterocycles. The van der Waals surface area contributed by atoms with Crippen LogP contribution in [0.1, 0.15) is 4.88 Å². The van der Waals surface area contributed by atoms with Crippen LogP contribution in [0, 0.1) is 0 Å². The van der Waals surface area contributed by atoms with Gasteiger partial charge in [-0.1, -0.05) is 12.1 Å². The average Bonchev–Trinajstić information content (AvgIpc) is 3.06. The Morgan fingerprint density at radius 2 is 1.96 bits per heavy atom. The summed E-state index contributed by atoms with van der Waals surface area (Å²) < 4.78 is 10.1. The van der Waals surface area contributed by atoms with E-state index in [2.05, 4.69) is 22.1 Å². The Bertz CT molecular complexity index is 611. The van der Waals surface area contributed by atoms with Gasteiger partial charge in [-0.15, -0.1) is 11.3 Å². The monoisotopic (exact) mass is 334 g/mol. The second-order valence-corrected chi connectivity index (χ2v) is 5.97. The second kappa shape index (κ2) is 9.29. The number of carbonyl (C=O) groups excluding carboxylic acids is 1. The molecule has 0 aliphatic rings. The number of thiophene rings is 1. The van der Waals surface area contributed by atoms with E-state index in [-0.39, 0.29) is 5.91 Å². The first kappa shape index (κ1) is 17.5. The van der Waals surface area contributed by atoms with Crippen molar-refractivity contribution in [1.82, 2.24) is 10.6 Å². The highest BCUT2D eigenvalue weighted by Crippen LogP contribution is 2.27. The lowest BCUT2D eigenvalue weighted by molar-refractivity contribution is -0.120. The number of amides is 1. The van der Waals surface area contributed by atoms with Crippen molar-refractivity contribution < 1.29 is 14.3 Å². The highest BCUT2D eigenvalue weighted by atomic mass is 32.1. The van der Waals surface area contributed by atoms with Crippen LogP contribution in [0.5, 0.6) is 5.75 Å². The van der Waals surface area contributed by atoms with Gasteiger partial charge in [-0.2, -0.15) is 0 Å². The molecule has 0 unspecified atom stereocenters. The Kier molecular flexibility index (Phi) is 7.06. The smallest absolute Gasteiger partial charge is 0.234 e. The van der Waals surface area contributed by atoms with E-state index in [0.29, 0.717) is 26.2 Å². The number of hydrogen-bond donors (Lipinski definition) is 2. The number of rotatable bonds is 9. The number of ether oxygens (including phenoxy) is 2. The lowest BCUT2D eigenvalue weighted by Crippen LogP contribution is -2.34. The first-order chi connectivity index (χ1) is 11.2. The van der Waals surface area contributed by atoms with Crippen molar-refractivity contribution in [2.45, 2.75) is 6.54 Å². The summed E-state index contributed by atoms with van der Waals surface area (Å²) >= 11 is 1.64. The predicted molar refractivity (Wildman–Crippen MR) is 92.9 cm³/mol. The highest BCUT2D eigenvalue weighted by Gasteiger charge is 2.05. The van der Waals surface area contributed by atoms with Gasteiger partial charge in [0.25, 0.3) is 0 Å². The molecule has 0 fully saturated rings. The van der Waals surface area contributed by atoms with Gasteiger partial charge in [0.15, 0.2) is 0 Å². The van der Waals surface area contributed by atoms with Crippen LogP contribution in [-0.2, 0) is 16.1 Å². The summed E-state index contributed by atoms with van der Waals surface area (Å²) in [5.74, 6) is 0.831. The molecule has 23 heavy (non-hydrogen) atoms. The summed E-state index contributed by atoms with van der Waals surface area (Å²) in [6.07, 6.45) is 0. The topological polar surface area (TPSA) is 59.6 Å². The molecular formula is C17H22N2O3S. The number of carbonyl (C=O) groups is 1. The van der Waals surface area contributed by atoms with Gasteiger partial charge in [-0.3, -0.25) is 4.79 Å². The molecule has 0 aliphatic carbocycles. The minimum atomic E-state index is -0.0134. The standard InChI is InChI=1S/C17H22N2O3S/c1-21-8-7-18-11-17(20)19-10-16-9-14(12-23-16)13-3-5-15(22-2)6-4-13/h3-6,9,12,18H,7-8,10-11H2,1-2H3,(H,19,20). The van der Waals surface area contributed by atoms with Crippen molar-refractivity contribution in [3.05, 3.63) is 40.6 Å². The maximum atomic E-state index is 11.7. The summed E-state index contributed by atoms with van der Waals surface area (Å²) in [6, 6.07) is 10.1. The van der Waals surface area contributed by atoms with Crippen LogP contribution >= 0.6 is 11.3 Å². The average molecular weight is 334 g/mol. The van der Waals surface area contributed by atoms with E-state index >= 15 is 0 Å². The van der Waals surface area contributed by atoms with Crippen molar-refractivity contribution >= 4 is 17.2 Å². The molecule has 0 saturated carbocycles. The quantitative estimate of drug-likeness (QED) is 0.691. The van der Waals surface area contributed by atoms with Crippen LogP contribution in [0.15, 0.2) is 35.7 Å². The van der Waals surface area contributed by atoms with Gasteiger partial charge in [0, 0.05) is 18.5 Å². The molecule has 1 amide bonds. The SMILES string of the molecule is COCCNCC(=O)NCc1cc(-c2ccc(OC)cc2)cs1. The fraction of sp³-hybridized carbons (Fsp3) is 0.353. The van der Waals surface area contributed by atoms with Gasteiger partial charge in [0.05, 0.1) is 26.8 Å². The maximum absolute atomic E-state index is 11.7. The summed E-state index contributed by atoms with van der Waals surface area (Å²) in [7, 11) is 3.30. The first-order valence-corrected chi connectivity index (χ1v) is 8.29. The molecule has 0 radical (unpaired) electrons. The third kappa shape index (κ3) is 5.67. The largest absolute Gasteiger partial charge is 0.497 e. The third-order valence-corrected chi connectivity index (χ3v) is 4.24. The van der Waals surface area contributed by atoms with Gasteiger partial charge in [-0.25, -0.2) is 0 Å². The molecule has 6 heteroatoms. The molecule has 0 spiro atoms. The Morgan fingerprint density at radius 1 is 1.17 bits per heavy atom. The zero-order valence-corrected chi connectivity index (χ0v) is 14.2. The van der Waals surface area contributed by atoms with Crippen molar-refractivity contribution in [2.24, 2.45) is 0 Å². The van der Waals surface area contributed by atoms with Gasteiger partial charge in [0.1, 0.15) is 5.75 Å². The molecule has 124 valence electrons. The van der Waals surface area contributed by atoms with E-state index in [1.807, 2.05) is 24.3 Å². The van der Waals surface area contributed by atoms with Crippen molar-refractivity contribution in [1.29, 1.82) is 0 Å². The Balaban J connectivity index is 1.81. The molecule has 0 aliphatic heterocycles. The van der Waals surface area contributed by atoms with E-state index in [9.17, 15) is 4.79 Å². The maximum Gasteiger partial charge on any atom is 0.234 e. The molecule has 5 nitrogen and oxygen atoms in total. The number of hydrogen-bond acceptors (Lipinski definition) is 5. The van der Waals surface area contributed by atoms with Crippen molar-refractivity contribution in [2.75, 3.05) is 33.9 Å². The van der Waals surface area contributed by atoms with E-state index in [4.69, 9.17) is 9.47 Å². The molecule has 2 N–H and O–H groups in total. The summed E-state index contributed by atoms with van der Waals surface area (Å²) in [4.78, 5) is 12.8. The minimum absolute atomic E-state index is 0.0134. The van der Waals surface area contributed by atoms with E-state index in [0.717, 1.165) is 21.8 Å². The van der Waals surface area contributed by atoms with Crippen LogP contribution in [-0.4, -0.2) is 39.8 Å². The minimum Gasteiger partial charge on any atom is -0.497 e. The van der Waals surface area contributed by atoms with Crippen molar-refractivity contribution in [3.8, 4) is 16.9 Å². The Hall–Kier alpha value is -1.89. The molecule has 1 aromatic heterocycles. The van der Waals surface area contributed by atoms with E-state index in [1.54, 1.807) is 25.6 Å². The third-order valence-electron chi connectivity index (χ3n) is 3.31. The predicted octanol–water partition coefficient (Wildman–Crippen LogP) is 2.28. The van der Waals surface area contributed by atoms with Crippen LogP contribution in [0.2, 0.25) is 0 Å². The number of benzene rings is 1. The molecule has 0 atom stereocenters. The second-order valence-electron chi connectivity index (χ2n) is 4.98. The molecule has 1 heterocycles. The van der Waals surface area contributed by atoms with Crippen LogP contribution in [0.3, 0.4) is 0 Å². The van der Waals surface area contributed by atoms with Crippen LogP contribution < -0.4 is 15.4 Å². The van der Waals surface area contributed by atoms with E-state index < -0.39 is 0 Å². The Morgan fingerprint density at radius 3 is 2.65 bits per heavy atom. The Labute approximate surface area is 140 Å². The van der Waals surface area contributed by atoms with Gasteiger partial charge < -0.3 is 20.1 Å². The van der Waals surface area contributed by atoms with Gasteiger partial charge >= 0.3 is 0 Å². The highest BCUT2D eigenvalue weighted by molar-refractivity contribution is 7.10. The van der Waals surface area contributed by atoms with Crippen LogP contribution in [0.4, 0.5) is 0 Å². The number of nitrogens with one attached hydrogen (secondary N) is 2. The normalized spacial score (nSPS) is 10.5. The fourth-order valence-corrected chi connectivity index (χ4v) is 2.87. The molecule has 2 aromatic rings. The molecule has 2 rings (SSSR count). The summed E-state index contributed by atoms with van der Waals surface area (Å²) in [5, 5.41) is 8.02. The van der Waals surface area contributed by atoms with Gasteiger partial charge in [-0.05, 0) is 34.7 Å². The lowest BCUT2D eigenvalue weighted by atomic mass is 10.1. The van der Waals surface area contributed by atoms with Crippen LogP contribution in [0.25, 0.3) is 11.1 Å². The zero-order chi connectivity index (χ0) is 16.5. The molecule has 1 aromatic carbocycles. The zero-order valence-electron chi connectivity index (χ0n) is 13.4. The van der Waals surface area contributed by atoms with E-state index in [1.165, 1.54) is 0 Å². The number of methoxy groups -OCH3 is 2. The molecular weight excluding hydrogens is 312 g/mol. The summed E-state index contributed by atoms with van der Waals surface area (Å²) in [5.41, 5.74) is 2.29.